The number of thiocarbonyl (C=S) groups is 1. The fourth-order valence-electron chi connectivity index (χ4n) is 1.14. The fourth-order valence-corrected chi connectivity index (χ4v) is 2.03. The third kappa shape index (κ3) is 2.71. The molecule has 0 spiro atoms. The van der Waals surface area contributed by atoms with E-state index >= 15 is 0 Å². The maximum absolute atomic E-state index is 5.44. The average molecular weight is 251 g/mol. The van der Waals surface area contributed by atoms with Gasteiger partial charge in [-0.2, -0.15) is 5.10 Å². The first kappa shape index (κ1) is 10.9. The Hall–Kier alpha value is -1.60. The Balaban J connectivity index is 2.22. The van der Waals surface area contributed by atoms with E-state index in [1.54, 1.807) is 0 Å². The van der Waals surface area contributed by atoms with Crippen molar-refractivity contribution in [3.63, 3.8) is 0 Å². The number of aromatic amines is 1. The van der Waals surface area contributed by atoms with Crippen molar-refractivity contribution in [1.29, 1.82) is 0 Å². The lowest BCUT2D eigenvalue weighted by molar-refractivity contribution is 0.973. The van der Waals surface area contributed by atoms with Crippen LogP contribution >= 0.6 is 24.0 Å². The van der Waals surface area contributed by atoms with Gasteiger partial charge in [0.2, 0.25) is 0 Å². The van der Waals surface area contributed by atoms with Crippen LogP contribution in [0.1, 0.15) is 0 Å². The predicted octanol–water partition coefficient (Wildman–Crippen LogP) is 1.61. The van der Waals surface area contributed by atoms with E-state index in [1.807, 2.05) is 24.3 Å². The maximum atomic E-state index is 5.44. The van der Waals surface area contributed by atoms with Crippen molar-refractivity contribution in [2.45, 2.75) is 10.1 Å². The van der Waals surface area contributed by atoms with Crippen molar-refractivity contribution in [3.05, 3.63) is 30.6 Å². The zero-order valence-corrected chi connectivity index (χ0v) is 9.81. The van der Waals surface area contributed by atoms with Gasteiger partial charge in [0.1, 0.15) is 6.33 Å². The van der Waals surface area contributed by atoms with Gasteiger partial charge in [0.15, 0.2) is 10.3 Å². The van der Waals surface area contributed by atoms with E-state index in [-0.39, 0.29) is 5.11 Å². The number of anilines is 1. The van der Waals surface area contributed by atoms with Crippen LogP contribution < -0.4 is 11.1 Å². The molecule has 1 aromatic carbocycles. The number of rotatable bonds is 3. The van der Waals surface area contributed by atoms with Gasteiger partial charge in [0.05, 0.1) is 5.69 Å². The molecule has 4 N–H and O–H groups in total. The Morgan fingerprint density at radius 1 is 1.44 bits per heavy atom. The smallest absolute Gasteiger partial charge is 0.188 e. The number of para-hydroxylation sites is 1. The number of aromatic nitrogens is 3. The quantitative estimate of drug-likeness (QED) is 0.719. The minimum Gasteiger partial charge on any atom is -0.376 e. The highest BCUT2D eigenvalue weighted by molar-refractivity contribution is 7.99. The Morgan fingerprint density at radius 2 is 2.25 bits per heavy atom. The standard InChI is InChI=1S/C9H9N5S2/c10-8(15)13-6-3-1-2-4-7(6)16-9-11-5-12-14-9/h1-5H,(H3,10,13,15)(H,11,12,14). The molecule has 0 aliphatic rings. The van der Waals surface area contributed by atoms with E-state index < -0.39 is 0 Å². The van der Waals surface area contributed by atoms with Crippen LogP contribution in [0.5, 0.6) is 0 Å². The van der Waals surface area contributed by atoms with Crippen molar-refractivity contribution in [2.75, 3.05) is 5.32 Å². The summed E-state index contributed by atoms with van der Waals surface area (Å²) < 4.78 is 0. The second-order valence-corrected chi connectivity index (χ2v) is 4.35. The summed E-state index contributed by atoms with van der Waals surface area (Å²) >= 11 is 6.26. The Kier molecular flexibility index (Phi) is 3.37. The molecule has 2 rings (SSSR count). The zero-order valence-electron chi connectivity index (χ0n) is 8.18. The largest absolute Gasteiger partial charge is 0.376 e. The van der Waals surface area contributed by atoms with Crippen LogP contribution in [-0.2, 0) is 0 Å². The SMILES string of the molecule is NC(=S)Nc1ccccc1Sc1ncn[nH]1. The minimum atomic E-state index is 0.241. The van der Waals surface area contributed by atoms with E-state index in [2.05, 4.69) is 20.5 Å². The molecule has 0 atom stereocenters. The number of nitrogens with zero attached hydrogens (tertiary/aromatic N) is 2. The van der Waals surface area contributed by atoms with E-state index in [0.29, 0.717) is 0 Å². The number of hydrogen-bond acceptors (Lipinski definition) is 4. The van der Waals surface area contributed by atoms with E-state index in [9.17, 15) is 0 Å². The van der Waals surface area contributed by atoms with Gasteiger partial charge in [-0.25, -0.2) is 4.98 Å². The molecule has 1 aromatic heterocycles. The number of benzene rings is 1. The highest BCUT2D eigenvalue weighted by atomic mass is 32.2. The van der Waals surface area contributed by atoms with Gasteiger partial charge < -0.3 is 11.1 Å². The number of nitrogens with one attached hydrogen (secondary N) is 2. The molecule has 0 bridgehead atoms. The Labute approximate surface area is 102 Å². The highest BCUT2D eigenvalue weighted by Gasteiger charge is 2.05. The molecule has 0 unspecified atom stereocenters. The van der Waals surface area contributed by atoms with Gasteiger partial charge in [-0.3, -0.25) is 5.10 Å². The predicted molar refractivity (Wildman–Crippen MR) is 67.4 cm³/mol. The summed E-state index contributed by atoms with van der Waals surface area (Å²) in [5.41, 5.74) is 6.30. The molecule has 0 fully saturated rings. The first-order valence-corrected chi connectivity index (χ1v) is 5.67. The summed E-state index contributed by atoms with van der Waals surface area (Å²) in [6.45, 7) is 0. The van der Waals surface area contributed by atoms with Gasteiger partial charge >= 0.3 is 0 Å². The topological polar surface area (TPSA) is 79.6 Å². The van der Waals surface area contributed by atoms with Crippen molar-refractivity contribution in [3.8, 4) is 0 Å². The lowest BCUT2D eigenvalue weighted by Crippen LogP contribution is -2.19. The van der Waals surface area contributed by atoms with Crippen LogP contribution in [0.4, 0.5) is 5.69 Å². The van der Waals surface area contributed by atoms with E-state index in [0.717, 1.165) is 15.7 Å². The molecule has 16 heavy (non-hydrogen) atoms. The fraction of sp³-hybridized carbons (Fsp3) is 0. The van der Waals surface area contributed by atoms with Gasteiger partial charge in [-0.15, -0.1) is 0 Å². The van der Waals surface area contributed by atoms with Gasteiger partial charge in [-0.1, -0.05) is 12.1 Å². The monoisotopic (exact) mass is 251 g/mol. The number of hydrogen-bond donors (Lipinski definition) is 3. The molecule has 0 saturated carbocycles. The summed E-state index contributed by atoms with van der Waals surface area (Å²) in [7, 11) is 0. The number of nitrogens with two attached hydrogens (primary N) is 1. The van der Waals surface area contributed by atoms with Crippen molar-refractivity contribution in [1.82, 2.24) is 15.2 Å². The third-order valence-corrected chi connectivity index (χ3v) is 2.81. The molecule has 0 saturated heterocycles. The van der Waals surface area contributed by atoms with Crippen LogP contribution in [0.3, 0.4) is 0 Å². The van der Waals surface area contributed by atoms with Crippen LogP contribution in [-0.4, -0.2) is 20.3 Å². The summed E-state index contributed by atoms with van der Waals surface area (Å²) in [5, 5.41) is 10.4. The van der Waals surface area contributed by atoms with Gasteiger partial charge in [-0.05, 0) is 36.1 Å². The molecule has 0 aliphatic carbocycles. The number of H-pyrrole nitrogens is 1. The van der Waals surface area contributed by atoms with Gasteiger partial charge in [0.25, 0.3) is 0 Å². The van der Waals surface area contributed by atoms with Crippen molar-refractivity contribution >= 4 is 34.8 Å². The summed E-state index contributed by atoms with van der Waals surface area (Å²) in [6.07, 6.45) is 1.46. The summed E-state index contributed by atoms with van der Waals surface area (Å²) in [4.78, 5) is 5.01. The first-order chi connectivity index (χ1) is 7.75. The molecule has 2 aromatic rings. The summed E-state index contributed by atoms with van der Waals surface area (Å²) in [5.74, 6) is 0. The van der Waals surface area contributed by atoms with E-state index in [4.69, 9.17) is 18.0 Å². The third-order valence-electron chi connectivity index (χ3n) is 1.74. The molecule has 0 aliphatic heterocycles. The highest BCUT2D eigenvalue weighted by Crippen LogP contribution is 2.30. The van der Waals surface area contributed by atoms with Crippen LogP contribution in [0.25, 0.3) is 0 Å². The second-order valence-electron chi connectivity index (χ2n) is 2.88. The van der Waals surface area contributed by atoms with Crippen molar-refractivity contribution in [2.24, 2.45) is 5.73 Å². The average Bonchev–Trinajstić information content (AvgIpc) is 2.73. The van der Waals surface area contributed by atoms with Gasteiger partial charge in [0, 0.05) is 4.90 Å². The summed E-state index contributed by atoms with van der Waals surface area (Å²) in [6, 6.07) is 7.69. The molecule has 82 valence electrons. The Bertz CT molecular complexity index is 482. The van der Waals surface area contributed by atoms with E-state index in [1.165, 1.54) is 18.1 Å². The molecule has 7 heteroatoms. The van der Waals surface area contributed by atoms with Crippen LogP contribution in [0, 0.1) is 0 Å². The molecule has 5 nitrogen and oxygen atoms in total. The molecule has 1 heterocycles. The molecular weight excluding hydrogens is 242 g/mol. The second kappa shape index (κ2) is 4.95. The lowest BCUT2D eigenvalue weighted by Gasteiger charge is -2.08. The molecule has 0 radical (unpaired) electrons. The first-order valence-electron chi connectivity index (χ1n) is 4.44. The lowest BCUT2D eigenvalue weighted by atomic mass is 10.3. The van der Waals surface area contributed by atoms with Crippen molar-refractivity contribution < 1.29 is 0 Å². The minimum absolute atomic E-state index is 0.241. The zero-order chi connectivity index (χ0) is 11.4. The Morgan fingerprint density at radius 3 is 2.94 bits per heavy atom. The normalized spacial score (nSPS) is 10.0. The molecule has 0 amide bonds. The molecular formula is C9H9N5S2. The van der Waals surface area contributed by atoms with Crippen LogP contribution in [0.15, 0.2) is 40.6 Å². The van der Waals surface area contributed by atoms with Crippen LogP contribution in [0.2, 0.25) is 0 Å². The maximum Gasteiger partial charge on any atom is 0.188 e.